The average molecular weight is 225 g/mol. The topological polar surface area (TPSA) is 68.5 Å². The Labute approximate surface area is 93.8 Å². The fourth-order valence-corrected chi connectivity index (χ4v) is 1.09. The molecule has 0 unspecified atom stereocenters. The second-order valence-corrected chi connectivity index (χ2v) is 3.52. The van der Waals surface area contributed by atoms with Crippen LogP contribution in [0.4, 0.5) is 0 Å². The molecule has 88 valence electrons. The van der Waals surface area contributed by atoms with E-state index >= 15 is 0 Å². The molecule has 16 heavy (non-hydrogen) atoms. The second-order valence-electron chi connectivity index (χ2n) is 3.52. The summed E-state index contributed by atoms with van der Waals surface area (Å²) in [5.41, 5.74) is 0. The SMILES string of the molecule is CC(C)OC(=O)CCNC(=O)c1ccco1. The smallest absolute Gasteiger partial charge is 0.307 e. The van der Waals surface area contributed by atoms with Gasteiger partial charge in [-0.15, -0.1) is 0 Å². The van der Waals surface area contributed by atoms with Crippen molar-refractivity contribution in [3.8, 4) is 0 Å². The normalized spacial score (nSPS) is 10.2. The Bertz CT molecular complexity index is 343. The Morgan fingerprint density at radius 3 is 2.81 bits per heavy atom. The van der Waals surface area contributed by atoms with Crippen molar-refractivity contribution in [3.05, 3.63) is 24.2 Å². The van der Waals surface area contributed by atoms with Gasteiger partial charge >= 0.3 is 5.97 Å². The molecule has 5 nitrogen and oxygen atoms in total. The standard InChI is InChI=1S/C11H15NO4/c1-8(2)16-10(13)5-6-12-11(14)9-4-3-7-15-9/h3-4,7-8H,5-6H2,1-2H3,(H,12,14). The van der Waals surface area contributed by atoms with Crippen molar-refractivity contribution in [2.24, 2.45) is 0 Å². The number of ether oxygens (including phenoxy) is 1. The molecule has 0 radical (unpaired) electrons. The van der Waals surface area contributed by atoms with Crippen molar-refractivity contribution < 1.29 is 18.7 Å². The van der Waals surface area contributed by atoms with Gasteiger partial charge in [-0.1, -0.05) is 0 Å². The fourth-order valence-electron chi connectivity index (χ4n) is 1.09. The van der Waals surface area contributed by atoms with Gasteiger partial charge in [0.2, 0.25) is 0 Å². The van der Waals surface area contributed by atoms with E-state index in [9.17, 15) is 9.59 Å². The largest absolute Gasteiger partial charge is 0.463 e. The molecule has 1 aromatic heterocycles. The van der Waals surface area contributed by atoms with Gasteiger partial charge in [0.15, 0.2) is 5.76 Å². The Hall–Kier alpha value is -1.78. The maximum absolute atomic E-state index is 11.4. The molecule has 5 heteroatoms. The minimum Gasteiger partial charge on any atom is -0.463 e. The van der Waals surface area contributed by atoms with E-state index in [2.05, 4.69) is 5.32 Å². The highest BCUT2D eigenvalue weighted by atomic mass is 16.5. The molecule has 0 bridgehead atoms. The van der Waals surface area contributed by atoms with Gasteiger partial charge in [0.25, 0.3) is 5.91 Å². The Kier molecular flexibility index (Phi) is 4.57. The highest BCUT2D eigenvalue weighted by molar-refractivity contribution is 5.91. The zero-order chi connectivity index (χ0) is 12.0. The van der Waals surface area contributed by atoms with Crippen LogP contribution in [0.1, 0.15) is 30.8 Å². The summed E-state index contributed by atoms with van der Waals surface area (Å²) >= 11 is 0. The lowest BCUT2D eigenvalue weighted by Crippen LogP contribution is -2.26. The summed E-state index contributed by atoms with van der Waals surface area (Å²) < 4.78 is 9.80. The van der Waals surface area contributed by atoms with Gasteiger partial charge in [0.1, 0.15) is 0 Å². The molecule has 0 spiro atoms. The van der Waals surface area contributed by atoms with Gasteiger partial charge in [-0.2, -0.15) is 0 Å². The first-order chi connectivity index (χ1) is 7.59. The lowest BCUT2D eigenvalue weighted by Gasteiger charge is -2.07. The maximum Gasteiger partial charge on any atom is 0.307 e. The van der Waals surface area contributed by atoms with Crippen LogP contribution >= 0.6 is 0 Å². The second kappa shape index (κ2) is 5.95. The van der Waals surface area contributed by atoms with Crippen LogP contribution in [0, 0.1) is 0 Å². The van der Waals surface area contributed by atoms with Crippen molar-refractivity contribution in [2.45, 2.75) is 26.4 Å². The van der Waals surface area contributed by atoms with Crippen LogP contribution in [-0.4, -0.2) is 24.5 Å². The van der Waals surface area contributed by atoms with Crippen LogP contribution in [0.15, 0.2) is 22.8 Å². The van der Waals surface area contributed by atoms with Gasteiger partial charge in [0, 0.05) is 6.54 Å². The third-order valence-corrected chi connectivity index (χ3v) is 1.73. The third-order valence-electron chi connectivity index (χ3n) is 1.73. The lowest BCUT2D eigenvalue weighted by atomic mass is 10.4. The van der Waals surface area contributed by atoms with Crippen molar-refractivity contribution in [2.75, 3.05) is 6.54 Å². The molecule has 0 aliphatic carbocycles. The van der Waals surface area contributed by atoms with Gasteiger partial charge in [-0.3, -0.25) is 9.59 Å². The van der Waals surface area contributed by atoms with E-state index in [0.29, 0.717) is 0 Å². The molecule has 1 amide bonds. The summed E-state index contributed by atoms with van der Waals surface area (Å²) in [6, 6.07) is 3.18. The van der Waals surface area contributed by atoms with Crippen molar-refractivity contribution >= 4 is 11.9 Å². The summed E-state index contributed by atoms with van der Waals surface area (Å²) in [7, 11) is 0. The van der Waals surface area contributed by atoms with Gasteiger partial charge in [-0.25, -0.2) is 0 Å². The number of amides is 1. The van der Waals surface area contributed by atoms with Gasteiger partial charge in [0.05, 0.1) is 18.8 Å². The number of hydrogen-bond acceptors (Lipinski definition) is 4. The van der Waals surface area contributed by atoms with E-state index < -0.39 is 0 Å². The van der Waals surface area contributed by atoms with E-state index in [-0.39, 0.29) is 36.7 Å². The third kappa shape index (κ3) is 4.16. The fraction of sp³-hybridized carbons (Fsp3) is 0.455. The Morgan fingerprint density at radius 2 is 2.25 bits per heavy atom. The Morgan fingerprint density at radius 1 is 1.50 bits per heavy atom. The van der Waals surface area contributed by atoms with E-state index in [1.54, 1.807) is 26.0 Å². The Balaban J connectivity index is 2.21. The molecule has 0 saturated carbocycles. The number of furan rings is 1. The molecule has 0 saturated heterocycles. The van der Waals surface area contributed by atoms with Crippen LogP contribution in [0.3, 0.4) is 0 Å². The van der Waals surface area contributed by atoms with Crippen LogP contribution in [-0.2, 0) is 9.53 Å². The molecule has 0 fully saturated rings. The molecule has 1 heterocycles. The number of carbonyl (C=O) groups excluding carboxylic acids is 2. The van der Waals surface area contributed by atoms with Crippen LogP contribution in [0.2, 0.25) is 0 Å². The maximum atomic E-state index is 11.4. The van der Waals surface area contributed by atoms with E-state index in [4.69, 9.17) is 9.15 Å². The number of esters is 1. The lowest BCUT2D eigenvalue weighted by molar-refractivity contribution is -0.147. The van der Waals surface area contributed by atoms with Crippen molar-refractivity contribution in [1.82, 2.24) is 5.32 Å². The zero-order valence-electron chi connectivity index (χ0n) is 9.36. The summed E-state index contributed by atoms with van der Waals surface area (Å²) in [5.74, 6) is -0.422. The molecule has 1 aromatic rings. The highest BCUT2D eigenvalue weighted by Crippen LogP contribution is 1.99. The molecule has 0 aliphatic heterocycles. The summed E-state index contributed by atoms with van der Waals surface area (Å²) in [5, 5.41) is 2.56. The summed E-state index contributed by atoms with van der Waals surface area (Å²) in [6.07, 6.45) is 1.44. The molecule has 0 aromatic carbocycles. The van der Waals surface area contributed by atoms with Crippen LogP contribution < -0.4 is 5.32 Å². The van der Waals surface area contributed by atoms with Crippen LogP contribution in [0.5, 0.6) is 0 Å². The number of rotatable bonds is 5. The molecular formula is C11H15NO4. The summed E-state index contributed by atoms with van der Waals surface area (Å²) in [6.45, 7) is 3.80. The average Bonchev–Trinajstić information content (AvgIpc) is 2.68. The van der Waals surface area contributed by atoms with E-state index in [1.807, 2.05) is 0 Å². The van der Waals surface area contributed by atoms with Crippen molar-refractivity contribution in [3.63, 3.8) is 0 Å². The zero-order valence-corrected chi connectivity index (χ0v) is 9.36. The predicted molar refractivity (Wildman–Crippen MR) is 56.9 cm³/mol. The first-order valence-electron chi connectivity index (χ1n) is 5.11. The quantitative estimate of drug-likeness (QED) is 0.768. The van der Waals surface area contributed by atoms with E-state index in [0.717, 1.165) is 0 Å². The first kappa shape index (κ1) is 12.3. The molecule has 0 aliphatic rings. The minimum atomic E-state index is -0.331. The van der Waals surface area contributed by atoms with Crippen LogP contribution in [0.25, 0.3) is 0 Å². The monoisotopic (exact) mass is 225 g/mol. The highest BCUT2D eigenvalue weighted by Gasteiger charge is 2.09. The predicted octanol–water partition coefficient (Wildman–Crippen LogP) is 1.35. The van der Waals surface area contributed by atoms with Gasteiger partial charge < -0.3 is 14.5 Å². The number of nitrogens with one attached hydrogen (secondary N) is 1. The minimum absolute atomic E-state index is 0.131. The van der Waals surface area contributed by atoms with E-state index in [1.165, 1.54) is 6.26 Å². The molecule has 0 atom stereocenters. The number of carbonyl (C=O) groups is 2. The number of hydrogen-bond donors (Lipinski definition) is 1. The van der Waals surface area contributed by atoms with Crippen molar-refractivity contribution in [1.29, 1.82) is 0 Å². The molecule has 1 rings (SSSR count). The van der Waals surface area contributed by atoms with Gasteiger partial charge in [-0.05, 0) is 26.0 Å². The molecule has 1 N–H and O–H groups in total. The first-order valence-corrected chi connectivity index (χ1v) is 5.11. The molecular weight excluding hydrogens is 210 g/mol. The summed E-state index contributed by atoms with van der Waals surface area (Å²) in [4.78, 5) is 22.5.